The molecule has 4 rings (SSSR count). The van der Waals surface area contributed by atoms with Crippen molar-refractivity contribution in [3.63, 3.8) is 0 Å². The molecular formula is C30H30O4. The van der Waals surface area contributed by atoms with Gasteiger partial charge in [0.25, 0.3) is 0 Å². The van der Waals surface area contributed by atoms with Crippen LogP contribution in [-0.2, 0) is 9.68 Å². The van der Waals surface area contributed by atoms with Gasteiger partial charge in [-0.1, -0.05) is 61.2 Å². The van der Waals surface area contributed by atoms with Crippen molar-refractivity contribution in [1.82, 2.24) is 0 Å². The molecule has 1 aliphatic rings. The monoisotopic (exact) mass is 454 g/mol. The van der Waals surface area contributed by atoms with Gasteiger partial charge in [-0.15, -0.1) is 6.58 Å². The lowest BCUT2D eigenvalue weighted by molar-refractivity contribution is -0.195. The number of carbonyl (C=O) groups is 1. The van der Waals surface area contributed by atoms with Crippen molar-refractivity contribution >= 4 is 5.97 Å². The molecule has 0 atom stereocenters. The van der Waals surface area contributed by atoms with Gasteiger partial charge in [-0.05, 0) is 84.0 Å². The third kappa shape index (κ3) is 6.03. The Balaban J connectivity index is 1.31. The summed E-state index contributed by atoms with van der Waals surface area (Å²) in [7, 11) is 0. The van der Waals surface area contributed by atoms with E-state index in [1.165, 1.54) is 35.6 Å². The first kappa shape index (κ1) is 23.5. The van der Waals surface area contributed by atoms with E-state index in [1.54, 1.807) is 6.08 Å². The quantitative estimate of drug-likeness (QED) is 0.0643. The minimum absolute atomic E-state index is 0.352. The summed E-state index contributed by atoms with van der Waals surface area (Å²) >= 11 is 0. The summed E-state index contributed by atoms with van der Waals surface area (Å²) in [6.45, 7) is 7.38. The summed E-state index contributed by atoms with van der Waals surface area (Å²) in [5, 5.41) is 0. The fourth-order valence-corrected chi connectivity index (χ4v) is 4.53. The molecule has 0 aromatic heterocycles. The molecule has 0 unspecified atom stereocenters. The third-order valence-corrected chi connectivity index (χ3v) is 6.37. The molecule has 0 N–H and O–H groups in total. The van der Waals surface area contributed by atoms with Crippen LogP contribution in [0.5, 0.6) is 11.5 Å². The van der Waals surface area contributed by atoms with E-state index in [-0.39, 0.29) is 0 Å². The second-order valence-electron chi connectivity index (χ2n) is 8.55. The van der Waals surface area contributed by atoms with Gasteiger partial charge in [-0.2, -0.15) is 4.89 Å². The van der Waals surface area contributed by atoms with Crippen LogP contribution in [0.3, 0.4) is 0 Å². The third-order valence-electron chi connectivity index (χ3n) is 6.37. The first-order chi connectivity index (χ1) is 16.7. The zero-order valence-electron chi connectivity index (χ0n) is 19.3. The van der Waals surface area contributed by atoms with E-state index in [0.717, 1.165) is 18.4 Å². The zero-order valence-corrected chi connectivity index (χ0v) is 19.3. The number of hydrogen-bond donors (Lipinski definition) is 0. The standard InChI is InChI=1S/C30H30O4/c1-3-21-32-34-29-19-15-27(16-20-29)25-11-7-23(8-12-25)22-5-9-24(10-6-22)26-13-17-28(18-14-26)33-30(31)4-2/h3-4,7-8,11-20,22,24H,1-2,5-6,9-10,21H2. The average molecular weight is 455 g/mol. The smallest absolute Gasteiger partial charge is 0.335 e. The summed E-state index contributed by atoms with van der Waals surface area (Å²) in [5.74, 6) is 1.95. The molecule has 0 heterocycles. The largest absolute Gasteiger partial charge is 0.423 e. The van der Waals surface area contributed by atoms with Gasteiger partial charge >= 0.3 is 5.97 Å². The Kier molecular flexibility index (Phi) is 7.95. The van der Waals surface area contributed by atoms with Crippen molar-refractivity contribution in [2.75, 3.05) is 6.61 Å². The Bertz CT molecular complexity index is 1090. The molecule has 3 aromatic rings. The molecule has 0 saturated heterocycles. The van der Waals surface area contributed by atoms with Crippen molar-refractivity contribution < 1.29 is 19.3 Å². The van der Waals surface area contributed by atoms with Crippen molar-refractivity contribution in [3.05, 3.63) is 109 Å². The highest BCUT2D eigenvalue weighted by Crippen LogP contribution is 2.41. The van der Waals surface area contributed by atoms with Gasteiger partial charge in [0.15, 0.2) is 5.75 Å². The number of benzene rings is 3. The maximum Gasteiger partial charge on any atom is 0.335 e. The summed E-state index contributed by atoms with van der Waals surface area (Å²) in [6.07, 6.45) is 7.49. The molecule has 0 bridgehead atoms. The normalized spacial score (nSPS) is 17.5. The lowest BCUT2D eigenvalue weighted by atomic mass is 9.76. The number of esters is 1. The Morgan fingerprint density at radius 3 is 1.71 bits per heavy atom. The van der Waals surface area contributed by atoms with Crippen LogP contribution in [0.15, 0.2) is 98.1 Å². The number of ether oxygens (including phenoxy) is 1. The molecule has 0 radical (unpaired) electrons. The topological polar surface area (TPSA) is 44.8 Å². The van der Waals surface area contributed by atoms with Gasteiger partial charge in [0, 0.05) is 6.08 Å². The molecule has 0 amide bonds. The predicted octanol–water partition coefficient (Wildman–Crippen LogP) is 7.38. The van der Waals surface area contributed by atoms with E-state index in [1.807, 2.05) is 36.4 Å². The van der Waals surface area contributed by atoms with Crippen LogP contribution in [-0.4, -0.2) is 12.6 Å². The maximum absolute atomic E-state index is 11.3. The van der Waals surface area contributed by atoms with E-state index in [2.05, 4.69) is 49.6 Å². The molecule has 1 saturated carbocycles. The van der Waals surface area contributed by atoms with Crippen LogP contribution in [0.25, 0.3) is 11.1 Å². The van der Waals surface area contributed by atoms with Crippen molar-refractivity contribution in [3.8, 4) is 22.6 Å². The van der Waals surface area contributed by atoms with E-state index in [4.69, 9.17) is 14.5 Å². The molecular weight excluding hydrogens is 424 g/mol. The fraction of sp³-hybridized carbons (Fsp3) is 0.233. The molecule has 1 fully saturated rings. The Morgan fingerprint density at radius 1 is 0.735 bits per heavy atom. The predicted molar refractivity (Wildman–Crippen MR) is 135 cm³/mol. The van der Waals surface area contributed by atoms with E-state index in [9.17, 15) is 4.79 Å². The molecule has 0 spiro atoms. The molecule has 174 valence electrons. The van der Waals surface area contributed by atoms with Crippen LogP contribution in [0.2, 0.25) is 0 Å². The van der Waals surface area contributed by atoms with Crippen LogP contribution in [0.1, 0.15) is 48.6 Å². The van der Waals surface area contributed by atoms with Crippen molar-refractivity contribution in [2.45, 2.75) is 37.5 Å². The SMILES string of the molecule is C=CCOOc1ccc(-c2ccc(C3CCC(c4ccc(OC(=O)C=C)cc4)CC3)cc2)cc1. The molecule has 3 aromatic carbocycles. The van der Waals surface area contributed by atoms with Crippen LogP contribution in [0, 0.1) is 0 Å². The summed E-state index contributed by atoms with van der Waals surface area (Å²) in [6, 6.07) is 24.7. The summed E-state index contributed by atoms with van der Waals surface area (Å²) < 4.78 is 5.18. The van der Waals surface area contributed by atoms with Crippen molar-refractivity contribution in [2.24, 2.45) is 0 Å². The number of hydrogen-bond acceptors (Lipinski definition) is 4. The Labute approximate surface area is 201 Å². The Morgan fingerprint density at radius 2 is 1.21 bits per heavy atom. The van der Waals surface area contributed by atoms with Gasteiger partial charge in [0.05, 0.1) is 0 Å². The molecule has 1 aliphatic carbocycles. The summed E-state index contributed by atoms with van der Waals surface area (Å²) in [5.41, 5.74) is 5.06. The molecule has 0 aliphatic heterocycles. The number of carbonyl (C=O) groups excluding carboxylic acids is 1. The van der Waals surface area contributed by atoms with Crippen LogP contribution in [0.4, 0.5) is 0 Å². The lowest BCUT2D eigenvalue weighted by Gasteiger charge is -2.29. The Hall–Kier alpha value is -3.63. The van der Waals surface area contributed by atoms with Crippen LogP contribution < -0.4 is 9.62 Å². The van der Waals surface area contributed by atoms with E-state index < -0.39 is 5.97 Å². The van der Waals surface area contributed by atoms with E-state index in [0.29, 0.717) is 29.9 Å². The minimum Gasteiger partial charge on any atom is -0.423 e. The molecule has 34 heavy (non-hydrogen) atoms. The average Bonchev–Trinajstić information content (AvgIpc) is 2.90. The molecule has 4 nitrogen and oxygen atoms in total. The molecule has 4 heteroatoms. The van der Waals surface area contributed by atoms with Gasteiger partial charge in [0.2, 0.25) is 0 Å². The lowest BCUT2D eigenvalue weighted by Crippen LogP contribution is -2.12. The summed E-state index contributed by atoms with van der Waals surface area (Å²) in [4.78, 5) is 21.6. The second kappa shape index (κ2) is 11.5. The van der Waals surface area contributed by atoms with Gasteiger partial charge in [0.1, 0.15) is 12.4 Å². The van der Waals surface area contributed by atoms with Gasteiger partial charge in [-0.25, -0.2) is 4.79 Å². The number of rotatable bonds is 9. The van der Waals surface area contributed by atoms with Gasteiger partial charge in [-0.3, -0.25) is 0 Å². The highest BCUT2D eigenvalue weighted by Gasteiger charge is 2.23. The fourth-order valence-electron chi connectivity index (χ4n) is 4.53. The van der Waals surface area contributed by atoms with Crippen molar-refractivity contribution in [1.29, 1.82) is 0 Å². The highest BCUT2D eigenvalue weighted by molar-refractivity contribution is 5.83. The zero-order chi connectivity index (χ0) is 23.8. The second-order valence-corrected chi connectivity index (χ2v) is 8.55. The highest BCUT2D eigenvalue weighted by atomic mass is 17.2. The van der Waals surface area contributed by atoms with E-state index >= 15 is 0 Å². The van der Waals surface area contributed by atoms with Gasteiger partial charge < -0.3 is 9.62 Å². The first-order valence-corrected chi connectivity index (χ1v) is 11.7. The first-order valence-electron chi connectivity index (χ1n) is 11.7. The van der Waals surface area contributed by atoms with Crippen LogP contribution >= 0.6 is 0 Å². The minimum atomic E-state index is -0.431. The maximum atomic E-state index is 11.3.